The van der Waals surface area contributed by atoms with Crippen molar-refractivity contribution in [3.63, 3.8) is 0 Å². The summed E-state index contributed by atoms with van der Waals surface area (Å²) in [6.07, 6.45) is 1.62. The lowest BCUT2D eigenvalue weighted by Crippen LogP contribution is -2.55. The molecule has 0 bridgehead atoms. The van der Waals surface area contributed by atoms with Crippen LogP contribution in [0.5, 0.6) is 0 Å². The number of ether oxygens (including phenoxy) is 2. The topological polar surface area (TPSA) is 156 Å². The van der Waals surface area contributed by atoms with Crippen LogP contribution in [0.2, 0.25) is 0 Å². The van der Waals surface area contributed by atoms with Crippen LogP contribution in [-0.2, 0) is 23.9 Å². The van der Waals surface area contributed by atoms with Crippen molar-refractivity contribution < 1.29 is 33.5 Å². The normalized spacial score (nSPS) is 15.9. The third-order valence-corrected chi connectivity index (χ3v) is 6.61. The van der Waals surface area contributed by atoms with E-state index in [0.29, 0.717) is 23.8 Å². The van der Waals surface area contributed by atoms with E-state index in [4.69, 9.17) is 14.3 Å². The van der Waals surface area contributed by atoms with Crippen molar-refractivity contribution in [2.24, 2.45) is 5.10 Å². The van der Waals surface area contributed by atoms with Crippen LogP contribution in [0.4, 0.5) is 10.6 Å². The molecule has 2 aliphatic rings. The number of amides is 2. The highest BCUT2D eigenvalue weighted by atomic mass is 16.8. The first-order chi connectivity index (χ1) is 21.0. The van der Waals surface area contributed by atoms with Gasteiger partial charge in [-0.2, -0.15) is 5.10 Å². The number of nitrogens with one attached hydrogen (secondary N) is 1. The Hall–Kier alpha value is -4.59. The fourth-order valence-corrected chi connectivity index (χ4v) is 4.58. The predicted octanol–water partition coefficient (Wildman–Crippen LogP) is 2.79. The number of hydrogen-bond donors (Lipinski definition) is 1. The molecule has 2 aliphatic heterocycles. The third-order valence-electron chi connectivity index (χ3n) is 6.61. The van der Waals surface area contributed by atoms with Crippen molar-refractivity contribution in [3.05, 3.63) is 42.1 Å². The summed E-state index contributed by atoms with van der Waals surface area (Å²) in [7, 11) is 0. The molecule has 0 aliphatic carbocycles. The van der Waals surface area contributed by atoms with Crippen LogP contribution >= 0.6 is 0 Å². The average Bonchev–Trinajstić information content (AvgIpc) is 3.54. The number of hydrazone groups is 1. The Morgan fingerprint density at radius 2 is 1.73 bits per heavy atom. The Balaban J connectivity index is 1.53. The molecule has 1 aromatic carbocycles. The zero-order valence-electron chi connectivity index (χ0n) is 25.5. The van der Waals surface area contributed by atoms with E-state index in [9.17, 15) is 19.2 Å². The molecule has 14 nitrogen and oxygen atoms in total. The Labute approximate surface area is 256 Å². The van der Waals surface area contributed by atoms with E-state index in [1.165, 1.54) is 11.1 Å². The van der Waals surface area contributed by atoms with Crippen molar-refractivity contribution in [1.29, 1.82) is 0 Å². The molecular formula is C30H39N7O7. The van der Waals surface area contributed by atoms with Crippen LogP contribution in [0, 0.1) is 0 Å². The number of carbonyl (C=O) groups excluding carboxylic acids is 4. The van der Waals surface area contributed by atoms with Crippen LogP contribution < -0.4 is 10.3 Å². The minimum atomic E-state index is -1.05. The standard InChI is InChI=1S/C30H39N7O7/c1-5-42-29(41)44-36-18-16-35(17-19-36)28(40)22(12-13-25(38)43-30(2,3)4)33-27(39)23-20-24(37-15-9-14-31-37)34-26(32-23)21-10-7-6-8-11-21/h6-8,10-11,14,20,22H,5,9,12-13,15-19H2,1-4H3,(H,33,39)/t22-/m0/s1. The van der Waals surface area contributed by atoms with E-state index in [2.05, 4.69) is 20.4 Å². The number of hydroxylamine groups is 2. The average molecular weight is 610 g/mol. The lowest BCUT2D eigenvalue weighted by Gasteiger charge is -2.35. The van der Waals surface area contributed by atoms with Gasteiger partial charge in [0.1, 0.15) is 17.3 Å². The first kappa shape index (κ1) is 32.3. The first-order valence-electron chi connectivity index (χ1n) is 14.7. The lowest BCUT2D eigenvalue weighted by molar-refractivity contribution is -0.158. The number of nitrogens with zero attached hydrogens (tertiary/aromatic N) is 6. The van der Waals surface area contributed by atoms with Gasteiger partial charge < -0.3 is 24.5 Å². The maximum atomic E-state index is 13.7. The van der Waals surface area contributed by atoms with Crippen LogP contribution in [0.1, 0.15) is 57.4 Å². The van der Waals surface area contributed by atoms with Crippen molar-refractivity contribution in [3.8, 4) is 11.4 Å². The van der Waals surface area contributed by atoms with E-state index in [0.717, 1.165) is 6.42 Å². The molecule has 4 rings (SSSR count). The molecular weight excluding hydrogens is 570 g/mol. The monoisotopic (exact) mass is 609 g/mol. The summed E-state index contributed by atoms with van der Waals surface area (Å²) in [4.78, 5) is 67.4. The van der Waals surface area contributed by atoms with Crippen molar-refractivity contribution in [2.75, 3.05) is 44.3 Å². The van der Waals surface area contributed by atoms with Crippen molar-refractivity contribution in [1.82, 2.24) is 25.2 Å². The number of anilines is 1. The van der Waals surface area contributed by atoms with Crippen LogP contribution in [0.15, 0.2) is 41.5 Å². The molecule has 1 aromatic heterocycles. The number of carbonyl (C=O) groups is 4. The Morgan fingerprint density at radius 3 is 2.36 bits per heavy atom. The van der Waals surface area contributed by atoms with Gasteiger partial charge in [0.15, 0.2) is 11.6 Å². The van der Waals surface area contributed by atoms with Gasteiger partial charge in [-0.15, -0.1) is 5.06 Å². The second-order valence-electron chi connectivity index (χ2n) is 11.2. The summed E-state index contributed by atoms with van der Waals surface area (Å²) in [5.74, 6) is -0.670. The highest BCUT2D eigenvalue weighted by Gasteiger charge is 2.32. The number of piperazine rings is 1. The second-order valence-corrected chi connectivity index (χ2v) is 11.2. The molecule has 0 radical (unpaired) electrons. The third kappa shape index (κ3) is 9.20. The van der Waals surface area contributed by atoms with Gasteiger partial charge in [-0.1, -0.05) is 30.3 Å². The molecule has 1 fully saturated rings. The highest BCUT2D eigenvalue weighted by Crippen LogP contribution is 2.22. The highest BCUT2D eigenvalue weighted by molar-refractivity contribution is 5.97. The lowest BCUT2D eigenvalue weighted by atomic mass is 10.1. The number of benzene rings is 1. The van der Waals surface area contributed by atoms with Gasteiger partial charge in [-0.3, -0.25) is 14.4 Å². The van der Waals surface area contributed by atoms with Crippen molar-refractivity contribution in [2.45, 2.75) is 58.6 Å². The van der Waals surface area contributed by atoms with E-state index in [1.807, 2.05) is 30.3 Å². The molecule has 3 heterocycles. The van der Waals surface area contributed by atoms with Gasteiger partial charge in [0.25, 0.3) is 5.91 Å². The maximum Gasteiger partial charge on any atom is 0.527 e. The fraction of sp³-hybridized carbons (Fsp3) is 0.500. The zero-order chi connectivity index (χ0) is 31.7. The summed E-state index contributed by atoms with van der Waals surface area (Å²) in [5.41, 5.74) is 0.0731. The number of hydrogen-bond acceptors (Lipinski definition) is 12. The summed E-state index contributed by atoms with van der Waals surface area (Å²) in [6.45, 7) is 8.72. The molecule has 2 amide bonds. The van der Waals surface area contributed by atoms with Gasteiger partial charge in [-0.25, -0.2) is 19.8 Å². The molecule has 1 saturated heterocycles. The summed E-state index contributed by atoms with van der Waals surface area (Å²) < 4.78 is 10.2. The minimum absolute atomic E-state index is 0.0128. The minimum Gasteiger partial charge on any atom is -0.460 e. The maximum absolute atomic E-state index is 13.7. The van der Waals surface area contributed by atoms with Crippen LogP contribution in [-0.4, -0.2) is 101 Å². The summed E-state index contributed by atoms with van der Waals surface area (Å²) in [6, 6.07) is 9.74. The molecule has 0 saturated carbocycles. The fourth-order valence-electron chi connectivity index (χ4n) is 4.58. The van der Waals surface area contributed by atoms with E-state index in [1.54, 1.807) is 43.8 Å². The van der Waals surface area contributed by atoms with E-state index >= 15 is 0 Å². The van der Waals surface area contributed by atoms with Crippen LogP contribution in [0.25, 0.3) is 11.4 Å². The molecule has 1 atom stereocenters. The smallest absolute Gasteiger partial charge is 0.460 e. The molecule has 0 spiro atoms. The number of esters is 1. The van der Waals surface area contributed by atoms with E-state index < -0.39 is 29.7 Å². The number of rotatable bonds is 10. The molecule has 44 heavy (non-hydrogen) atoms. The van der Waals surface area contributed by atoms with Crippen molar-refractivity contribution >= 4 is 36.0 Å². The SMILES string of the molecule is CCOC(=O)ON1CCN(C(=O)[C@H](CCC(=O)OC(C)(C)C)NC(=O)c2cc(N3CCC=N3)nc(-c3ccccc3)n2)CC1. The molecule has 1 N–H and O–H groups in total. The quantitative estimate of drug-likeness (QED) is 0.395. The summed E-state index contributed by atoms with van der Waals surface area (Å²) >= 11 is 0. The van der Waals surface area contributed by atoms with Gasteiger partial charge in [0.05, 0.1) is 19.7 Å². The molecule has 0 unspecified atom stereocenters. The molecule has 14 heteroatoms. The zero-order valence-corrected chi connectivity index (χ0v) is 25.5. The van der Waals surface area contributed by atoms with Gasteiger partial charge in [-0.05, 0) is 34.1 Å². The molecule has 2 aromatic rings. The van der Waals surface area contributed by atoms with Gasteiger partial charge in [0.2, 0.25) is 5.91 Å². The van der Waals surface area contributed by atoms with E-state index in [-0.39, 0.29) is 57.2 Å². The second kappa shape index (κ2) is 14.7. The molecule has 236 valence electrons. The largest absolute Gasteiger partial charge is 0.527 e. The number of aromatic nitrogens is 2. The predicted molar refractivity (Wildman–Crippen MR) is 161 cm³/mol. The summed E-state index contributed by atoms with van der Waals surface area (Å²) in [5, 5.41) is 10.2. The Bertz CT molecular complexity index is 1360. The van der Waals surface area contributed by atoms with Gasteiger partial charge >= 0.3 is 12.1 Å². The first-order valence-corrected chi connectivity index (χ1v) is 14.7. The Morgan fingerprint density at radius 1 is 1.00 bits per heavy atom. The van der Waals surface area contributed by atoms with Gasteiger partial charge in [0, 0.05) is 50.3 Å². The van der Waals surface area contributed by atoms with Crippen LogP contribution in [0.3, 0.4) is 0 Å². The Kier molecular flexibility index (Phi) is 10.8.